The summed E-state index contributed by atoms with van der Waals surface area (Å²) in [6.07, 6.45) is 6.25. The molecule has 0 radical (unpaired) electrons. The highest BCUT2D eigenvalue weighted by molar-refractivity contribution is 5.75. The van der Waals surface area contributed by atoms with Crippen LogP contribution in [-0.4, -0.2) is 9.55 Å². The van der Waals surface area contributed by atoms with E-state index in [9.17, 15) is 0 Å². The van der Waals surface area contributed by atoms with Gasteiger partial charge in [0.1, 0.15) is 5.82 Å². The molecule has 1 aromatic carbocycles. The maximum Gasteiger partial charge on any atom is 0.109 e. The normalized spacial score (nSPS) is 11.2. The van der Waals surface area contributed by atoms with E-state index in [-0.39, 0.29) is 0 Å². The molecule has 1 heterocycles. The Labute approximate surface area is 104 Å². The standard InChI is InChI=1S/C15H22N2/c1-3-5-6-9-12-17-14-11-8-7-10-13(14)16-15(17)4-2/h7-8,10-11H,3-6,9,12H2,1-2H3. The summed E-state index contributed by atoms with van der Waals surface area (Å²) in [5.74, 6) is 1.22. The van der Waals surface area contributed by atoms with Crippen molar-refractivity contribution in [2.45, 2.75) is 52.5 Å². The van der Waals surface area contributed by atoms with E-state index in [4.69, 9.17) is 4.98 Å². The molecule has 2 heteroatoms. The van der Waals surface area contributed by atoms with Crippen LogP contribution < -0.4 is 0 Å². The first kappa shape index (κ1) is 12.2. The van der Waals surface area contributed by atoms with E-state index in [1.165, 1.54) is 37.0 Å². The lowest BCUT2D eigenvalue weighted by Gasteiger charge is -2.07. The maximum absolute atomic E-state index is 4.69. The minimum absolute atomic E-state index is 1.02. The molecule has 2 aromatic rings. The summed E-state index contributed by atoms with van der Waals surface area (Å²) in [6.45, 7) is 5.55. The summed E-state index contributed by atoms with van der Waals surface area (Å²) >= 11 is 0. The number of benzene rings is 1. The SMILES string of the molecule is CCCCCCn1c(CC)nc2ccccc21. The van der Waals surface area contributed by atoms with Crippen LogP contribution in [0.1, 0.15) is 45.4 Å². The average molecular weight is 230 g/mol. The second-order valence-corrected chi connectivity index (χ2v) is 4.58. The molecule has 0 amide bonds. The maximum atomic E-state index is 4.69. The molecule has 0 N–H and O–H groups in total. The smallest absolute Gasteiger partial charge is 0.109 e. The third kappa shape index (κ3) is 2.68. The van der Waals surface area contributed by atoms with E-state index in [0.717, 1.165) is 18.5 Å². The number of imidazole rings is 1. The summed E-state index contributed by atoms with van der Waals surface area (Å²) in [6, 6.07) is 8.46. The Morgan fingerprint density at radius 3 is 2.65 bits per heavy atom. The molecule has 0 aliphatic heterocycles. The number of fused-ring (bicyclic) bond motifs is 1. The number of aromatic nitrogens is 2. The van der Waals surface area contributed by atoms with Gasteiger partial charge in [0.15, 0.2) is 0 Å². The molecular formula is C15H22N2. The van der Waals surface area contributed by atoms with Crippen LogP contribution in [0, 0.1) is 0 Å². The molecule has 0 fully saturated rings. The van der Waals surface area contributed by atoms with Crippen LogP contribution in [0.25, 0.3) is 11.0 Å². The first-order valence-electron chi connectivity index (χ1n) is 6.81. The van der Waals surface area contributed by atoms with Crippen molar-refractivity contribution in [3.8, 4) is 0 Å². The number of rotatable bonds is 6. The quantitative estimate of drug-likeness (QED) is 0.681. The van der Waals surface area contributed by atoms with Crippen molar-refractivity contribution >= 4 is 11.0 Å². The van der Waals surface area contributed by atoms with Crippen LogP contribution in [0.4, 0.5) is 0 Å². The van der Waals surface area contributed by atoms with Crippen LogP contribution in [0.3, 0.4) is 0 Å². The van der Waals surface area contributed by atoms with E-state index in [0.29, 0.717) is 0 Å². The molecule has 0 spiro atoms. The van der Waals surface area contributed by atoms with Crippen molar-refractivity contribution in [1.82, 2.24) is 9.55 Å². The number of nitrogens with zero attached hydrogens (tertiary/aromatic N) is 2. The lowest BCUT2D eigenvalue weighted by molar-refractivity contribution is 0.576. The van der Waals surface area contributed by atoms with Crippen molar-refractivity contribution < 1.29 is 0 Å². The molecule has 0 unspecified atom stereocenters. The van der Waals surface area contributed by atoms with Gasteiger partial charge in [-0.3, -0.25) is 0 Å². The molecule has 0 saturated carbocycles. The second kappa shape index (κ2) is 5.85. The molecule has 0 atom stereocenters. The third-order valence-electron chi connectivity index (χ3n) is 3.29. The highest BCUT2D eigenvalue weighted by Crippen LogP contribution is 2.17. The first-order chi connectivity index (χ1) is 8.36. The van der Waals surface area contributed by atoms with Gasteiger partial charge in [0.25, 0.3) is 0 Å². The number of hydrogen-bond donors (Lipinski definition) is 0. The third-order valence-corrected chi connectivity index (χ3v) is 3.29. The topological polar surface area (TPSA) is 17.8 Å². The van der Waals surface area contributed by atoms with Crippen LogP contribution in [0.2, 0.25) is 0 Å². The highest BCUT2D eigenvalue weighted by atomic mass is 15.1. The van der Waals surface area contributed by atoms with Gasteiger partial charge in [-0.05, 0) is 18.6 Å². The van der Waals surface area contributed by atoms with Gasteiger partial charge >= 0.3 is 0 Å². The number of unbranched alkanes of at least 4 members (excludes halogenated alkanes) is 3. The Morgan fingerprint density at radius 2 is 1.88 bits per heavy atom. The predicted octanol–water partition coefficient (Wildman–Crippen LogP) is 4.18. The van der Waals surface area contributed by atoms with Crippen LogP contribution in [-0.2, 0) is 13.0 Å². The Balaban J connectivity index is 2.18. The number of aryl methyl sites for hydroxylation is 2. The van der Waals surface area contributed by atoms with E-state index in [1.54, 1.807) is 0 Å². The first-order valence-corrected chi connectivity index (χ1v) is 6.81. The molecule has 2 rings (SSSR count). The number of hydrogen-bond acceptors (Lipinski definition) is 1. The van der Waals surface area contributed by atoms with Gasteiger partial charge < -0.3 is 4.57 Å². The van der Waals surface area contributed by atoms with Gasteiger partial charge in [-0.15, -0.1) is 0 Å². The Morgan fingerprint density at radius 1 is 1.06 bits per heavy atom. The molecule has 1 aromatic heterocycles. The Kier molecular flexibility index (Phi) is 4.18. The van der Waals surface area contributed by atoms with E-state index in [1.807, 2.05) is 0 Å². The van der Waals surface area contributed by atoms with Crippen molar-refractivity contribution in [2.75, 3.05) is 0 Å². The summed E-state index contributed by atoms with van der Waals surface area (Å²) < 4.78 is 2.39. The molecule has 0 saturated heterocycles. The predicted molar refractivity (Wildman–Crippen MR) is 73.3 cm³/mol. The van der Waals surface area contributed by atoms with Gasteiger partial charge in [0.2, 0.25) is 0 Å². The molecule has 0 aliphatic carbocycles. The second-order valence-electron chi connectivity index (χ2n) is 4.58. The van der Waals surface area contributed by atoms with Crippen LogP contribution in [0.5, 0.6) is 0 Å². The van der Waals surface area contributed by atoms with Gasteiger partial charge in [-0.25, -0.2) is 4.98 Å². The van der Waals surface area contributed by atoms with Crippen molar-refractivity contribution in [2.24, 2.45) is 0 Å². The lowest BCUT2D eigenvalue weighted by atomic mass is 10.2. The largest absolute Gasteiger partial charge is 0.328 e. The van der Waals surface area contributed by atoms with Gasteiger partial charge in [0.05, 0.1) is 11.0 Å². The molecule has 0 aliphatic rings. The summed E-state index contributed by atoms with van der Waals surface area (Å²) in [7, 11) is 0. The molecule has 17 heavy (non-hydrogen) atoms. The van der Waals surface area contributed by atoms with Crippen molar-refractivity contribution in [3.63, 3.8) is 0 Å². The zero-order valence-electron chi connectivity index (χ0n) is 10.9. The van der Waals surface area contributed by atoms with E-state index < -0.39 is 0 Å². The van der Waals surface area contributed by atoms with Gasteiger partial charge in [-0.1, -0.05) is 45.2 Å². The Hall–Kier alpha value is -1.31. The average Bonchev–Trinajstić information content (AvgIpc) is 2.73. The van der Waals surface area contributed by atoms with Crippen molar-refractivity contribution in [1.29, 1.82) is 0 Å². The monoisotopic (exact) mass is 230 g/mol. The zero-order chi connectivity index (χ0) is 12.1. The highest BCUT2D eigenvalue weighted by Gasteiger charge is 2.07. The summed E-state index contributed by atoms with van der Waals surface area (Å²) in [5.41, 5.74) is 2.43. The fraction of sp³-hybridized carbons (Fsp3) is 0.533. The Bertz CT molecular complexity index is 471. The minimum atomic E-state index is 1.02. The molecular weight excluding hydrogens is 208 g/mol. The molecule has 0 bridgehead atoms. The van der Waals surface area contributed by atoms with Crippen molar-refractivity contribution in [3.05, 3.63) is 30.1 Å². The zero-order valence-corrected chi connectivity index (χ0v) is 10.9. The molecule has 92 valence electrons. The fourth-order valence-electron chi connectivity index (χ4n) is 2.34. The van der Waals surface area contributed by atoms with E-state index >= 15 is 0 Å². The molecule has 2 nitrogen and oxygen atoms in total. The number of para-hydroxylation sites is 2. The van der Waals surface area contributed by atoms with Crippen LogP contribution >= 0.6 is 0 Å². The van der Waals surface area contributed by atoms with Gasteiger partial charge in [-0.2, -0.15) is 0 Å². The van der Waals surface area contributed by atoms with Crippen LogP contribution in [0.15, 0.2) is 24.3 Å². The lowest BCUT2D eigenvalue weighted by Crippen LogP contribution is -2.03. The summed E-state index contributed by atoms with van der Waals surface area (Å²) in [5, 5.41) is 0. The van der Waals surface area contributed by atoms with Gasteiger partial charge in [0, 0.05) is 13.0 Å². The minimum Gasteiger partial charge on any atom is -0.328 e. The van der Waals surface area contributed by atoms with E-state index in [2.05, 4.69) is 42.7 Å². The summed E-state index contributed by atoms with van der Waals surface area (Å²) in [4.78, 5) is 4.69. The fourth-order valence-corrected chi connectivity index (χ4v) is 2.34.